The van der Waals surface area contributed by atoms with Gasteiger partial charge in [0.15, 0.2) is 0 Å². The number of urea groups is 1. The number of carbonyl (C=O) groups excluding carboxylic acids is 1. The van der Waals surface area contributed by atoms with Crippen LogP contribution in [0.1, 0.15) is 22.1 Å². The van der Waals surface area contributed by atoms with E-state index in [-0.39, 0.29) is 6.54 Å². The molecule has 2 aromatic rings. The summed E-state index contributed by atoms with van der Waals surface area (Å²) in [6.07, 6.45) is -1.45. The molecule has 1 aromatic carbocycles. The highest BCUT2D eigenvalue weighted by Gasteiger charge is 2.18. The fourth-order valence-corrected chi connectivity index (χ4v) is 2.77. The van der Waals surface area contributed by atoms with E-state index in [4.69, 9.17) is 0 Å². The van der Waals surface area contributed by atoms with Crippen LogP contribution in [-0.2, 0) is 6.54 Å². The lowest BCUT2D eigenvalue weighted by Gasteiger charge is -2.14. The van der Waals surface area contributed by atoms with Crippen molar-refractivity contribution in [2.45, 2.75) is 19.6 Å². The number of rotatable bonds is 5. The first-order valence-electron chi connectivity index (χ1n) is 6.65. The Balaban J connectivity index is 1.84. The molecule has 1 aromatic heterocycles. The minimum Gasteiger partial charge on any atom is -0.386 e. The van der Waals surface area contributed by atoms with Crippen molar-refractivity contribution in [2.75, 3.05) is 6.54 Å². The number of nitrogens with one attached hydrogen (secondary N) is 2. The second-order valence-corrected chi connectivity index (χ2v) is 5.74. The predicted octanol–water partition coefficient (Wildman–Crippen LogP) is 2.87. The molecular formula is C15H16F2N2O2S. The molecule has 0 saturated heterocycles. The van der Waals surface area contributed by atoms with E-state index in [0.29, 0.717) is 6.54 Å². The van der Waals surface area contributed by atoms with Gasteiger partial charge < -0.3 is 15.7 Å². The van der Waals surface area contributed by atoms with E-state index in [1.807, 2.05) is 18.4 Å². The Kier molecular flexibility index (Phi) is 5.46. The lowest BCUT2D eigenvalue weighted by molar-refractivity contribution is 0.164. The molecule has 1 unspecified atom stereocenters. The quantitative estimate of drug-likeness (QED) is 0.791. The summed E-state index contributed by atoms with van der Waals surface area (Å²) in [5.41, 5.74) is 0.635. The highest BCUT2D eigenvalue weighted by Crippen LogP contribution is 2.20. The van der Waals surface area contributed by atoms with Gasteiger partial charge in [-0.3, -0.25) is 0 Å². The number of hydrogen-bond acceptors (Lipinski definition) is 3. The van der Waals surface area contributed by atoms with Gasteiger partial charge in [0, 0.05) is 11.4 Å². The van der Waals surface area contributed by atoms with Crippen molar-refractivity contribution in [3.05, 3.63) is 57.3 Å². The lowest BCUT2D eigenvalue weighted by Crippen LogP contribution is -2.37. The number of benzene rings is 1. The minimum absolute atomic E-state index is 0.285. The smallest absolute Gasteiger partial charge is 0.315 e. The van der Waals surface area contributed by atoms with Crippen molar-refractivity contribution in [3.63, 3.8) is 0 Å². The monoisotopic (exact) mass is 326 g/mol. The molecule has 1 heterocycles. The van der Waals surface area contributed by atoms with Gasteiger partial charge in [-0.1, -0.05) is 6.07 Å². The van der Waals surface area contributed by atoms with Gasteiger partial charge in [0.1, 0.15) is 17.7 Å². The van der Waals surface area contributed by atoms with E-state index in [1.54, 1.807) is 0 Å². The second kappa shape index (κ2) is 7.33. The fraction of sp³-hybridized carbons (Fsp3) is 0.267. The van der Waals surface area contributed by atoms with Crippen molar-refractivity contribution >= 4 is 17.4 Å². The molecule has 2 amide bonds. The molecule has 118 valence electrons. The number of halogens is 2. The van der Waals surface area contributed by atoms with Gasteiger partial charge in [0.2, 0.25) is 0 Å². The molecule has 4 nitrogen and oxygen atoms in total. The van der Waals surface area contributed by atoms with E-state index in [9.17, 15) is 18.7 Å². The van der Waals surface area contributed by atoms with Crippen LogP contribution in [0.3, 0.4) is 0 Å². The average Bonchev–Trinajstić information content (AvgIpc) is 2.88. The molecule has 7 heteroatoms. The molecular weight excluding hydrogens is 310 g/mol. The summed E-state index contributed by atoms with van der Waals surface area (Å²) in [6, 6.07) is 4.76. The topological polar surface area (TPSA) is 61.4 Å². The van der Waals surface area contributed by atoms with Gasteiger partial charge in [-0.25, -0.2) is 13.6 Å². The molecule has 0 aliphatic carbocycles. The molecule has 0 radical (unpaired) electrons. The van der Waals surface area contributed by atoms with E-state index in [1.165, 1.54) is 17.4 Å². The molecule has 1 atom stereocenters. The molecule has 0 fully saturated rings. The second-order valence-electron chi connectivity index (χ2n) is 4.74. The van der Waals surface area contributed by atoms with Crippen LogP contribution in [0.4, 0.5) is 13.6 Å². The van der Waals surface area contributed by atoms with Crippen molar-refractivity contribution in [1.82, 2.24) is 10.6 Å². The third-order valence-electron chi connectivity index (χ3n) is 3.17. The number of aliphatic hydroxyl groups excluding tert-OH is 1. The summed E-state index contributed by atoms with van der Waals surface area (Å²) in [5.74, 6) is -1.69. The van der Waals surface area contributed by atoms with Crippen LogP contribution in [-0.4, -0.2) is 17.7 Å². The molecule has 3 N–H and O–H groups in total. The molecule has 0 aliphatic heterocycles. The first-order chi connectivity index (χ1) is 10.5. The normalized spacial score (nSPS) is 12.0. The number of thiophene rings is 1. The number of hydrogen-bond donors (Lipinski definition) is 3. The maximum absolute atomic E-state index is 13.5. The SMILES string of the molecule is Cc1ccsc1CNC(=O)NCC(O)c1c(F)cccc1F. The van der Waals surface area contributed by atoms with Gasteiger partial charge >= 0.3 is 6.03 Å². The third-order valence-corrected chi connectivity index (χ3v) is 4.19. The first-order valence-corrected chi connectivity index (χ1v) is 7.53. The largest absolute Gasteiger partial charge is 0.386 e. The Bertz CT molecular complexity index is 640. The highest BCUT2D eigenvalue weighted by atomic mass is 32.1. The zero-order valence-corrected chi connectivity index (χ0v) is 12.7. The van der Waals surface area contributed by atoms with Gasteiger partial charge in [0.05, 0.1) is 12.1 Å². The van der Waals surface area contributed by atoms with Crippen LogP contribution in [0.25, 0.3) is 0 Å². The maximum Gasteiger partial charge on any atom is 0.315 e. The van der Waals surface area contributed by atoms with Crippen LogP contribution < -0.4 is 10.6 Å². The molecule has 0 spiro atoms. The Morgan fingerprint density at radius 1 is 1.27 bits per heavy atom. The Morgan fingerprint density at radius 2 is 1.95 bits per heavy atom. The first kappa shape index (κ1) is 16.4. The van der Waals surface area contributed by atoms with Crippen LogP contribution >= 0.6 is 11.3 Å². The summed E-state index contributed by atoms with van der Waals surface area (Å²) in [4.78, 5) is 12.7. The number of carbonyl (C=O) groups is 1. The molecule has 0 bridgehead atoms. The number of aliphatic hydroxyl groups is 1. The fourth-order valence-electron chi connectivity index (χ4n) is 1.93. The van der Waals surface area contributed by atoms with E-state index < -0.39 is 29.3 Å². The standard InChI is InChI=1S/C15H16F2N2O2S/c1-9-5-6-22-13(9)8-19-15(21)18-7-12(20)14-10(16)3-2-4-11(14)17/h2-6,12,20H,7-8H2,1H3,(H2,18,19,21). The maximum atomic E-state index is 13.5. The van der Waals surface area contributed by atoms with Crippen molar-refractivity contribution in [3.8, 4) is 0 Å². The van der Waals surface area contributed by atoms with Crippen LogP contribution in [0.15, 0.2) is 29.6 Å². The summed E-state index contributed by atoms with van der Waals surface area (Å²) in [6.45, 7) is 2.02. The zero-order valence-electron chi connectivity index (χ0n) is 11.9. The molecule has 0 aliphatic rings. The summed E-state index contributed by atoms with van der Waals surface area (Å²) in [7, 11) is 0. The Hall–Kier alpha value is -1.99. The number of amides is 2. The summed E-state index contributed by atoms with van der Waals surface area (Å²) < 4.78 is 27.0. The van der Waals surface area contributed by atoms with Crippen LogP contribution in [0.2, 0.25) is 0 Å². The Labute approximate surface area is 130 Å². The van der Waals surface area contributed by atoms with Crippen molar-refractivity contribution < 1.29 is 18.7 Å². The highest BCUT2D eigenvalue weighted by molar-refractivity contribution is 7.10. The van der Waals surface area contributed by atoms with E-state index >= 15 is 0 Å². The van der Waals surface area contributed by atoms with E-state index in [2.05, 4.69) is 10.6 Å². The summed E-state index contributed by atoms with van der Waals surface area (Å²) >= 11 is 1.53. The van der Waals surface area contributed by atoms with Gasteiger partial charge in [-0.05, 0) is 36.1 Å². The van der Waals surface area contributed by atoms with Gasteiger partial charge in [-0.15, -0.1) is 11.3 Å². The molecule has 0 saturated carbocycles. The predicted molar refractivity (Wildman–Crippen MR) is 80.6 cm³/mol. The van der Waals surface area contributed by atoms with Crippen LogP contribution in [0.5, 0.6) is 0 Å². The third kappa shape index (κ3) is 4.02. The lowest BCUT2D eigenvalue weighted by atomic mass is 10.1. The zero-order chi connectivity index (χ0) is 16.1. The van der Waals surface area contributed by atoms with Gasteiger partial charge in [-0.2, -0.15) is 0 Å². The van der Waals surface area contributed by atoms with E-state index in [0.717, 1.165) is 22.6 Å². The van der Waals surface area contributed by atoms with Crippen molar-refractivity contribution in [2.24, 2.45) is 0 Å². The molecule has 22 heavy (non-hydrogen) atoms. The average molecular weight is 326 g/mol. The summed E-state index contributed by atoms with van der Waals surface area (Å²) in [5, 5.41) is 16.7. The molecule has 2 rings (SSSR count). The Morgan fingerprint density at radius 3 is 2.55 bits per heavy atom. The van der Waals surface area contributed by atoms with Crippen LogP contribution in [0, 0.1) is 18.6 Å². The minimum atomic E-state index is -1.45. The van der Waals surface area contributed by atoms with Crippen molar-refractivity contribution in [1.29, 1.82) is 0 Å². The number of aryl methyl sites for hydroxylation is 1. The van der Waals surface area contributed by atoms with Gasteiger partial charge in [0.25, 0.3) is 0 Å².